The van der Waals surface area contributed by atoms with Crippen LogP contribution in [0.5, 0.6) is 0 Å². The van der Waals surface area contributed by atoms with Crippen molar-refractivity contribution in [1.29, 1.82) is 0 Å². The maximum absolute atomic E-state index is 12.2. The first-order valence-corrected chi connectivity index (χ1v) is 6.23. The maximum atomic E-state index is 12.2. The molecule has 0 aliphatic carbocycles. The van der Waals surface area contributed by atoms with Gasteiger partial charge in [-0.1, -0.05) is 0 Å². The minimum Gasteiger partial charge on any atom is -0.306 e. The van der Waals surface area contributed by atoms with Crippen LogP contribution in [-0.4, -0.2) is 25.3 Å². The first-order valence-electron chi connectivity index (χ1n) is 5.86. The molecular weight excluding hydrogens is 276 g/mol. The van der Waals surface area contributed by atoms with Gasteiger partial charge in [0.05, 0.1) is 6.33 Å². The molecule has 0 saturated carbocycles. The molecule has 1 aromatic carbocycles. The molecule has 2 heterocycles. The number of imidazole rings is 1. The van der Waals surface area contributed by atoms with Gasteiger partial charge in [-0.15, -0.1) is 0 Å². The van der Waals surface area contributed by atoms with E-state index in [0.29, 0.717) is 5.56 Å². The minimum atomic E-state index is -0.188. The molecule has 0 radical (unpaired) electrons. The quantitative estimate of drug-likeness (QED) is 0.548. The van der Waals surface area contributed by atoms with Crippen molar-refractivity contribution < 1.29 is 4.79 Å². The summed E-state index contributed by atoms with van der Waals surface area (Å²) in [5.41, 5.74) is 1.75. The highest BCUT2D eigenvalue weighted by Gasteiger charge is 2.11. The number of benzene rings is 1. The van der Waals surface area contributed by atoms with Gasteiger partial charge in [0, 0.05) is 29.8 Å². The highest BCUT2D eigenvalue weighted by molar-refractivity contribution is 6.28. The predicted molar refractivity (Wildman–Crippen MR) is 74.0 cm³/mol. The number of hydrogen-bond donors (Lipinski definition) is 0. The van der Waals surface area contributed by atoms with Gasteiger partial charge in [-0.25, -0.2) is 15.0 Å². The number of nitrogens with zero attached hydrogens (tertiary/aromatic N) is 4. The maximum Gasteiger partial charge on any atom is 0.222 e. The molecule has 0 fully saturated rings. The van der Waals surface area contributed by atoms with Crippen molar-refractivity contribution in [2.45, 2.75) is 0 Å². The Bertz CT molecular complexity index is 738. The summed E-state index contributed by atoms with van der Waals surface area (Å²) in [6.45, 7) is 0. The van der Waals surface area contributed by atoms with Crippen molar-refractivity contribution >= 4 is 17.4 Å². The molecule has 5 nitrogen and oxygen atoms in total. The molecule has 3 rings (SSSR count). The Balaban J connectivity index is 1.90. The van der Waals surface area contributed by atoms with E-state index in [1.165, 1.54) is 12.3 Å². The van der Waals surface area contributed by atoms with Crippen molar-refractivity contribution in [1.82, 2.24) is 19.5 Å². The lowest BCUT2D eigenvalue weighted by molar-refractivity contribution is 0.103. The Morgan fingerprint density at radius 3 is 2.55 bits per heavy atom. The van der Waals surface area contributed by atoms with Crippen molar-refractivity contribution in [3.63, 3.8) is 0 Å². The third kappa shape index (κ3) is 2.44. The van der Waals surface area contributed by atoms with Crippen molar-refractivity contribution in [2.24, 2.45) is 0 Å². The van der Waals surface area contributed by atoms with E-state index in [1.807, 2.05) is 22.9 Å². The van der Waals surface area contributed by atoms with Gasteiger partial charge in [0.2, 0.25) is 11.1 Å². The van der Waals surface area contributed by atoms with Gasteiger partial charge in [0.25, 0.3) is 0 Å². The monoisotopic (exact) mass is 284 g/mol. The largest absolute Gasteiger partial charge is 0.306 e. The highest BCUT2D eigenvalue weighted by Crippen LogP contribution is 2.13. The van der Waals surface area contributed by atoms with E-state index >= 15 is 0 Å². The molecule has 20 heavy (non-hydrogen) atoms. The lowest BCUT2D eigenvalue weighted by atomic mass is 10.1. The predicted octanol–water partition coefficient (Wildman–Crippen LogP) is 2.55. The van der Waals surface area contributed by atoms with E-state index < -0.39 is 0 Å². The standard InChI is InChI=1S/C14H9ClN4O/c15-14-17-6-5-12(18-14)13(20)10-1-3-11(4-2-10)19-8-7-16-9-19/h1-9H. The van der Waals surface area contributed by atoms with Crippen LogP contribution in [0.25, 0.3) is 5.69 Å². The second kappa shape index (κ2) is 5.22. The zero-order chi connectivity index (χ0) is 13.9. The smallest absolute Gasteiger partial charge is 0.222 e. The van der Waals surface area contributed by atoms with Gasteiger partial charge in [0.1, 0.15) is 5.69 Å². The van der Waals surface area contributed by atoms with Crippen molar-refractivity contribution in [3.8, 4) is 5.69 Å². The van der Waals surface area contributed by atoms with Crippen LogP contribution in [-0.2, 0) is 0 Å². The molecule has 0 amide bonds. The molecule has 0 aliphatic rings. The number of halogens is 1. The topological polar surface area (TPSA) is 60.7 Å². The Morgan fingerprint density at radius 2 is 1.90 bits per heavy atom. The van der Waals surface area contributed by atoms with Crippen molar-refractivity contribution in [2.75, 3.05) is 0 Å². The first-order chi connectivity index (χ1) is 9.74. The molecule has 3 aromatic rings. The number of carbonyl (C=O) groups is 1. The molecule has 0 unspecified atom stereocenters. The zero-order valence-electron chi connectivity index (χ0n) is 10.3. The van der Waals surface area contributed by atoms with Gasteiger partial charge in [-0.3, -0.25) is 4.79 Å². The summed E-state index contributed by atoms with van der Waals surface area (Å²) in [6.07, 6.45) is 6.69. The number of aromatic nitrogens is 4. The van der Waals surface area contributed by atoms with E-state index in [4.69, 9.17) is 11.6 Å². The third-order valence-corrected chi connectivity index (χ3v) is 2.97. The fraction of sp³-hybridized carbons (Fsp3) is 0. The lowest BCUT2D eigenvalue weighted by Gasteiger charge is -2.04. The van der Waals surface area contributed by atoms with Crippen LogP contribution in [0.15, 0.2) is 55.2 Å². The molecule has 0 spiro atoms. The van der Waals surface area contributed by atoms with E-state index in [1.54, 1.807) is 24.7 Å². The Hall–Kier alpha value is -2.53. The second-order valence-corrected chi connectivity index (χ2v) is 4.39. The Morgan fingerprint density at radius 1 is 1.10 bits per heavy atom. The van der Waals surface area contributed by atoms with Crippen LogP contribution in [0.2, 0.25) is 5.28 Å². The molecule has 2 aromatic heterocycles. The lowest BCUT2D eigenvalue weighted by Crippen LogP contribution is -2.05. The average molecular weight is 285 g/mol. The van der Waals surface area contributed by atoms with Gasteiger partial charge < -0.3 is 4.57 Å². The molecule has 0 bridgehead atoms. The van der Waals surface area contributed by atoms with Gasteiger partial charge in [-0.05, 0) is 41.9 Å². The van der Waals surface area contributed by atoms with E-state index in [-0.39, 0.29) is 16.8 Å². The molecule has 0 aliphatic heterocycles. The summed E-state index contributed by atoms with van der Waals surface area (Å²) < 4.78 is 1.86. The van der Waals surface area contributed by atoms with Crippen molar-refractivity contribution in [3.05, 3.63) is 71.8 Å². The van der Waals surface area contributed by atoms with Crippen LogP contribution in [0.3, 0.4) is 0 Å². The normalized spacial score (nSPS) is 10.4. The van der Waals surface area contributed by atoms with Crippen LogP contribution >= 0.6 is 11.6 Å². The highest BCUT2D eigenvalue weighted by atomic mass is 35.5. The van der Waals surface area contributed by atoms with Crippen LogP contribution in [0, 0.1) is 0 Å². The number of ketones is 1. The molecular formula is C14H9ClN4O. The van der Waals surface area contributed by atoms with Gasteiger partial charge >= 0.3 is 0 Å². The first kappa shape index (κ1) is 12.5. The summed E-state index contributed by atoms with van der Waals surface area (Å²) in [7, 11) is 0. The fourth-order valence-corrected chi connectivity index (χ4v) is 1.95. The molecule has 6 heteroatoms. The summed E-state index contributed by atoms with van der Waals surface area (Å²) >= 11 is 5.68. The van der Waals surface area contributed by atoms with Crippen LogP contribution in [0.1, 0.15) is 16.1 Å². The van der Waals surface area contributed by atoms with E-state index in [9.17, 15) is 4.79 Å². The number of hydrogen-bond acceptors (Lipinski definition) is 4. The summed E-state index contributed by atoms with van der Waals surface area (Å²) in [5, 5.41) is 0.0610. The molecule has 0 atom stereocenters. The Labute approximate surface area is 119 Å². The number of carbonyl (C=O) groups excluding carboxylic acids is 1. The zero-order valence-corrected chi connectivity index (χ0v) is 11.0. The van der Waals surface area contributed by atoms with E-state index in [0.717, 1.165) is 5.69 Å². The fourth-order valence-electron chi connectivity index (χ4n) is 1.81. The second-order valence-electron chi connectivity index (χ2n) is 4.06. The molecule has 98 valence electrons. The van der Waals surface area contributed by atoms with Crippen LogP contribution < -0.4 is 0 Å². The van der Waals surface area contributed by atoms with Gasteiger partial charge in [0.15, 0.2) is 0 Å². The summed E-state index contributed by atoms with van der Waals surface area (Å²) in [5.74, 6) is -0.188. The van der Waals surface area contributed by atoms with Crippen LogP contribution in [0.4, 0.5) is 0 Å². The van der Waals surface area contributed by atoms with E-state index in [2.05, 4.69) is 15.0 Å². The summed E-state index contributed by atoms with van der Waals surface area (Å²) in [4.78, 5) is 23.9. The summed E-state index contributed by atoms with van der Waals surface area (Å²) in [6, 6.07) is 8.72. The minimum absolute atomic E-state index is 0.0610. The number of rotatable bonds is 3. The SMILES string of the molecule is O=C(c1ccc(-n2ccnc2)cc1)c1ccnc(Cl)n1. The van der Waals surface area contributed by atoms with Gasteiger partial charge in [-0.2, -0.15) is 0 Å². The third-order valence-electron chi connectivity index (χ3n) is 2.79. The average Bonchev–Trinajstić information content (AvgIpc) is 3.01. The molecule has 0 saturated heterocycles. The Kier molecular flexibility index (Phi) is 3.26. The molecule has 0 N–H and O–H groups in total.